The number of nitrogens with zero attached hydrogens (tertiary/aromatic N) is 1. The fraction of sp³-hybridized carbons (Fsp3) is 0.364. The van der Waals surface area contributed by atoms with Gasteiger partial charge in [0.1, 0.15) is 5.75 Å². The Labute approximate surface area is 160 Å². The molecule has 3 rings (SSSR count). The van der Waals surface area contributed by atoms with Gasteiger partial charge in [-0.25, -0.2) is 0 Å². The van der Waals surface area contributed by atoms with E-state index in [-0.39, 0.29) is 30.2 Å². The number of hydrogen-bond acceptors (Lipinski definition) is 3. The van der Waals surface area contributed by atoms with E-state index < -0.39 is 0 Å². The molecule has 2 amide bonds. The predicted molar refractivity (Wildman–Crippen MR) is 107 cm³/mol. The molecule has 1 aliphatic rings. The smallest absolute Gasteiger partial charge is 0.229 e. The molecule has 1 fully saturated rings. The van der Waals surface area contributed by atoms with E-state index in [1.807, 2.05) is 69.3 Å². The first-order valence-corrected chi connectivity index (χ1v) is 9.42. The summed E-state index contributed by atoms with van der Waals surface area (Å²) in [6.45, 7) is 6.93. The molecule has 0 radical (unpaired) electrons. The lowest BCUT2D eigenvalue weighted by molar-refractivity contribution is -0.129. The van der Waals surface area contributed by atoms with E-state index in [2.05, 4.69) is 5.32 Å². The summed E-state index contributed by atoms with van der Waals surface area (Å²) < 4.78 is 5.74. The van der Waals surface area contributed by atoms with Crippen molar-refractivity contribution in [2.24, 2.45) is 5.92 Å². The van der Waals surface area contributed by atoms with Gasteiger partial charge in [0.15, 0.2) is 0 Å². The molecule has 1 saturated heterocycles. The van der Waals surface area contributed by atoms with Crippen LogP contribution < -0.4 is 10.1 Å². The summed E-state index contributed by atoms with van der Waals surface area (Å²) >= 11 is 0. The highest BCUT2D eigenvalue weighted by atomic mass is 16.5. The van der Waals surface area contributed by atoms with Crippen molar-refractivity contribution in [3.63, 3.8) is 0 Å². The Morgan fingerprint density at radius 1 is 1.15 bits per heavy atom. The molecule has 0 aliphatic carbocycles. The van der Waals surface area contributed by atoms with Crippen LogP contribution in [0.25, 0.3) is 11.1 Å². The van der Waals surface area contributed by atoms with Gasteiger partial charge >= 0.3 is 0 Å². The average molecular weight is 366 g/mol. The lowest BCUT2D eigenvalue weighted by Gasteiger charge is -2.21. The predicted octanol–water partition coefficient (Wildman–Crippen LogP) is 3.95. The summed E-state index contributed by atoms with van der Waals surface area (Å²) in [5.41, 5.74) is 2.56. The average Bonchev–Trinajstić information content (AvgIpc) is 3.05. The lowest BCUT2D eigenvalue weighted by Crippen LogP contribution is -2.33. The van der Waals surface area contributed by atoms with E-state index in [0.717, 1.165) is 22.6 Å². The van der Waals surface area contributed by atoms with Crippen LogP contribution in [-0.2, 0) is 9.59 Å². The van der Waals surface area contributed by atoms with Crippen LogP contribution in [0.4, 0.5) is 5.69 Å². The Balaban J connectivity index is 1.83. The summed E-state index contributed by atoms with van der Waals surface area (Å²) in [6.07, 6.45) is 0.266. The second-order valence-electron chi connectivity index (χ2n) is 7.00. The number of para-hydroxylation sites is 2. The Morgan fingerprint density at radius 2 is 1.81 bits per heavy atom. The van der Waals surface area contributed by atoms with Crippen molar-refractivity contribution >= 4 is 17.5 Å². The third-order valence-electron chi connectivity index (χ3n) is 4.81. The molecular formula is C22H26N2O3. The number of hydrogen-bond donors (Lipinski definition) is 1. The summed E-state index contributed by atoms with van der Waals surface area (Å²) in [5, 5.41) is 3.03. The van der Waals surface area contributed by atoms with Gasteiger partial charge in [-0.3, -0.25) is 9.59 Å². The molecule has 2 aromatic carbocycles. The Kier molecular flexibility index (Phi) is 5.79. The highest BCUT2D eigenvalue weighted by Crippen LogP contribution is 2.35. The second kappa shape index (κ2) is 8.25. The highest BCUT2D eigenvalue weighted by Gasteiger charge is 2.35. The SMILES string of the molecule is CCOc1ccccc1-c1ccccc1NC(=O)C1CC(=O)N(C(C)C)C1. The number of carbonyl (C=O) groups is 2. The van der Waals surface area contributed by atoms with E-state index in [1.165, 1.54) is 0 Å². The zero-order chi connectivity index (χ0) is 19.4. The number of amides is 2. The molecule has 1 N–H and O–H groups in total. The standard InChI is InChI=1S/C22H26N2O3/c1-4-27-20-12-8-6-10-18(20)17-9-5-7-11-19(17)23-22(26)16-13-21(25)24(14-16)15(2)3/h5-12,15-16H,4,13-14H2,1-3H3,(H,23,26). The minimum atomic E-state index is -0.324. The van der Waals surface area contributed by atoms with Gasteiger partial charge in [-0.15, -0.1) is 0 Å². The number of ether oxygens (including phenoxy) is 1. The molecule has 0 saturated carbocycles. The van der Waals surface area contributed by atoms with Crippen molar-refractivity contribution in [2.75, 3.05) is 18.5 Å². The molecule has 5 heteroatoms. The van der Waals surface area contributed by atoms with Crippen molar-refractivity contribution in [3.8, 4) is 16.9 Å². The van der Waals surface area contributed by atoms with Crippen molar-refractivity contribution < 1.29 is 14.3 Å². The van der Waals surface area contributed by atoms with Gasteiger partial charge in [0.25, 0.3) is 0 Å². The zero-order valence-corrected chi connectivity index (χ0v) is 16.1. The van der Waals surface area contributed by atoms with Crippen molar-refractivity contribution in [1.82, 2.24) is 4.90 Å². The van der Waals surface area contributed by atoms with Gasteiger partial charge in [0.05, 0.1) is 12.5 Å². The third-order valence-corrected chi connectivity index (χ3v) is 4.81. The Bertz CT molecular complexity index is 832. The van der Waals surface area contributed by atoms with Crippen LogP contribution >= 0.6 is 0 Å². The van der Waals surface area contributed by atoms with Gasteiger partial charge in [-0.05, 0) is 32.9 Å². The first kappa shape index (κ1) is 19.0. The molecule has 1 atom stereocenters. The topological polar surface area (TPSA) is 58.6 Å². The molecular weight excluding hydrogens is 340 g/mol. The number of anilines is 1. The molecule has 5 nitrogen and oxygen atoms in total. The van der Waals surface area contributed by atoms with E-state index in [0.29, 0.717) is 13.2 Å². The zero-order valence-electron chi connectivity index (χ0n) is 16.1. The van der Waals surface area contributed by atoms with Crippen LogP contribution in [0.3, 0.4) is 0 Å². The fourth-order valence-corrected chi connectivity index (χ4v) is 3.44. The first-order valence-electron chi connectivity index (χ1n) is 9.42. The van der Waals surface area contributed by atoms with E-state index in [4.69, 9.17) is 4.74 Å². The molecule has 1 aliphatic heterocycles. The van der Waals surface area contributed by atoms with Crippen molar-refractivity contribution in [3.05, 3.63) is 48.5 Å². The minimum absolute atomic E-state index is 0.0418. The Hall–Kier alpha value is -2.82. The number of rotatable bonds is 6. The van der Waals surface area contributed by atoms with E-state index in [1.54, 1.807) is 4.90 Å². The molecule has 1 heterocycles. The van der Waals surface area contributed by atoms with Gasteiger partial charge in [-0.2, -0.15) is 0 Å². The molecule has 1 unspecified atom stereocenters. The first-order chi connectivity index (χ1) is 13.0. The third kappa shape index (κ3) is 4.13. The molecule has 0 spiro atoms. The summed E-state index contributed by atoms with van der Waals surface area (Å²) in [6, 6.07) is 15.6. The number of carbonyl (C=O) groups excluding carboxylic acids is 2. The lowest BCUT2D eigenvalue weighted by atomic mass is 10.0. The monoisotopic (exact) mass is 366 g/mol. The van der Waals surface area contributed by atoms with Crippen molar-refractivity contribution in [2.45, 2.75) is 33.2 Å². The van der Waals surface area contributed by atoms with Crippen LogP contribution in [0.15, 0.2) is 48.5 Å². The van der Waals surface area contributed by atoms with Gasteiger partial charge in [-0.1, -0.05) is 36.4 Å². The summed E-state index contributed by atoms with van der Waals surface area (Å²) in [5.74, 6) is 0.381. The minimum Gasteiger partial charge on any atom is -0.493 e. The number of benzene rings is 2. The number of likely N-dealkylation sites (tertiary alicyclic amines) is 1. The van der Waals surface area contributed by atoms with Gasteiger partial charge < -0.3 is 15.0 Å². The maximum absolute atomic E-state index is 12.8. The van der Waals surface area contributed by atoms with Crippen LogP contribution in [0, 0.1) is 5.92 Å². The fourth-order valence-electron chi connectivity index (χ4n) is 3.44. The quantitative estimate of drug-likeness (QED) is 0.842. The van der Waals surface area contributed by atoms with Crippen LogP contribution in [0.5, 0.6) is 5.75 Å². The van der Waals surface area contributed by atoms with Gasteiger partial charge in [0, 0.05) is 35.8 Å². The maximum atomic E-state index is 12.8. The number of nitrogens with one attached hydrogen (secondary N) is 1. The highest BCUT2D eigenvalue weighted by molar-refractivity contribution is 6.00. The van der Waals surface area contributed by atoms with Crippen molar-refractivity contribution in [1.29, 1.82) is 0 Å². The molecule has 0 aromatic heterocycles. The summed E-state index contributed by atoms with van der Waals surface area (Å²) in [7, 11) is 0. The van der Waals surface area contributed by atoms with E-state index in [9.17, 15) is 9.59 Å². The molecule has 27 heavy (non-hydrogen) atoms. The molecule has 142 valence electrons. The van der Waals surface area contributed by atoms with Crippen LogP contribution in [0.2, 0.25) is 0 Å². The maximum Gasteiger partial charge on any atom is 0.229 e. The largest absolute Gasteiger partial charge is 0.493 e. The molecule has 0 bridgehead atoms. The second-order valence-corrected chi connectivity index (χ2v) is 7.00. The van der Waals surface area contributed by atoms with E-state index >= 15 is 0 Å². The normalized spacial score (nSPS) is 16.7. The van der Waals surface area contributed by atoms with Gasteiger partial charge in [0.2, 0.25) is 11.8 Å². The molecule has 2 aromatic rings. The Morgan fingerprint density at radius 3 is 2.48 bits per heavy atom. The van der Waals surface area contributed by atoms with Crippen LogP contribution in [-0.4, -0.2) is 35.9 Å². The van der Waals surface area contributed by atoms with Crippen LogP contribution in [0.1, 0.15) is 27.2 Å². The summed E-state index contributed by atoms with van der Waals surface area (Å²) in [4.78, 5) is 26.7.